The van der Waals surface area contributed by atoms with Crippen LogP contribution in [0.25, 0.3) is 0 Å². The minimum atomic E-state index is -1.04. The van der Waals surface area contributed by atoms with Crippen molar-refractivity contribution in [1.29, 1.82) is 0 Å². The van der Waals surface area contributed by atoms with Crippen LogP contribution in [0.5, 0.6) is 11.5 Å². The van der Waals surface area contributed by atoms with Gasteiger partial charge in [0.05, 0.1) is 5.02 Å². The molecule has 0 saturated carbocycles. The molecule has 0 saturated heterocycles. The highest BCUT2D eigenvalue weighted by atomic mass is 35.5. The van der Waals surface area contributed by atoms with Crippen LogP contribution in [-0.2, 0) is 11.2 Å². The maximum absolute atomic E-state index is 10.9. The number of fused-ring (bicyclic) bond motifs is 1. The Bertz CT molecular complexity index is 516. The van der Waals surface area contributed by atoms with Gasteiger partial charge in [-0.25, -0.2) is 0 Å². The Morgan fingerprint density at radius 3 is 2.68 bits per heavy atom. The first kappa shape index (κ1) is 14.0. The summed E-state index contributed by atoms with van der Waals surface area (Å²) >= 11 is 6.12. The Kier molecular flexibility index (Phi) is 3.87. The molecule has 3 N–H and O–H groups in total. The van der Waals surface area contributed by atoms with Crippen molar-refractivity contribution >= 4 is 17.6 Å². The van der Waals surface area contributed by atoms with E-state index in [1.165, 1.54) is 0 Å². The van der Waals surface area contributed by atoms with Gasteiger partial charge in [0.15, 0.2) is 11.5 Å². The molecule has 1 heterocycles. The lowest BCUT2D eigenvalue weighted by atomic mass is 9.92. The van der Waals surface area contributed by atoms with Crippen LogP contribution in [0.4, 0.5) is 0 Å². The van der Waals surface area contributed by atoms with Crippen LogP contribution in [0.1, 0.15) is 30.9 Å². The molecule has 0 aromatic heterocycles. The van der Waals surface area contributed by atoms with Crippen molar-refractivity contribution in [3.05, 3.63) is 22.2 Å². The zero-order chi connectivity index (χ0) is 14.2. The van der Waals surface area contributed by atoms with Crippen molar-refractivity contribution in [3.8, 4) is 11.5 Å². The van der Waals surface area contributed by atoms with Gasteiger partial charge >= 0.3 is 5.97 Å². The van der Waals surface area contributed by atoms with Crippen molar-refractivity contribution in [3.63, 3.8) is 0 Å². The average Bonchev–Trinajstić information content (AvgIpc) is 2.77. The van der Waals surface area contributed by atoms with E-state index in [0.717, 1.165) is 11.1 Å². The van der Waals surface area contributed by atoms with Crippen LogP contribution >= 0.6 is 11.6 Å². The summed E-state index contributed by atoms with van der Waals surface area (Å²) < 4.78 is 10.8. The molecule has 0 fully saturated rings. The maximum atomic E-state index is 10.9. The molecule has 0 radical (unpaired) electrons. The molecule has 0 bridgehead atoms. The zero-order valence-electron chi connectivity index (χ0n) is 10.8. The topological polar surface area (TPSA) is 81.8 Å². The number of carbonyl (C=O) groups is 1. The predicted octanol–water partition coefficient (Wildman–Crippen LogP) is 2.15. The van der Waals surface area contributed by atoms with Gasteiger partial charge < -0.3 is 20.3 Å². The van der Waals surface area contributed by atoms with Gasteiger partial charge in [-0.15, -0.1) is 0 Å². The second-order valence-corrected chi connectivity index (χ2v) is 5.21. The van der Waals surface area contributed by atoms with Crippen LogP contribution in [0.2, 0.25) is 5.02 Å². The largest absolute Gasteiger partial charge is 0.480 e. The zero-order valence-corrected chi connectivity index (χ0v) is 11.5. The number of aliphatic carboxylic acids is 1. The molecule has 0 aliphatic carbocycles. The molecule has 1 atom stereocenters. The first-order valence-corrected chi connectivity index (χ1v) is 6.38. The molecule has 0 spiro atoms. The van der Waals surface area contributed by atoms with Gasteiger partial charge in [-0.3, -0.25) is 4.79 Å². The standard InChI is InChI=1S/C13H16ClNO4/c1-6(2)10-7(4-9(15)13(16)17)3-8(14)11-12(10)19-5-18-11/h3,6,9H,4-5,15H2,1-2H3,(H,16,17). The van der Waals surface area contributed by atoms with E-state index in [-0.39, 0.29) is 19.1 Å². The molecule has 0 amide bonds. The lowest BCUT2D eigenvalue weighted by molar-refractivity contribution is -0.138. The van der Waals surface area contributed by atoms with Gasteiger partial charge in [0.1, 0.15) is 6.04 Å². The third-order valence-corrected chi connectivity index (χ3v) is 3.34. The molecule has 1 unspecified atom stereocenters. The summed E-state index contributed by atoms with van der Waals surface area (Å²) in [6, 6.07) is 0.752. The molecular formula is C13H16ClNO4. The Balaban J connectivity index is 2.48. The Morgan fingerprint density at radius 2 is 2.11 bits per heavy atom. The van der Waals surface area contributed by atoms with Gasteiger partial charge in [0.2, 0.25) is 6.79 Å². The van der Waals surface area contributed by atoms with Crippen molar-refractivity contribution in [1.82, 2.24) is 0 Å². The van der Waals surface area contributed by atoms with Crippen LogP contribution < -0.4 is 15.2 Å². The third kappa shape index (κ3) is 2.62. The number of hydrogen-bond donors (Lipinski definition) is 2. The number of carboxylic acids is 1. The van der Waals surface area contributed by atoms with E-state index in [1.54, 1.807) is 6.07 Å². The summed E-state index contributed by atoms with van der Waals surface area (Å²) in [6.07, 6.45) is 0.208. The quantitative estimate of drug-likeness (QED) is 0.886. The molecule has 1 aliphatic rings. The number of halogens is 1. The first-order valence-electron chi connectivity index (χ1n) is 6.01. The van der Waals surface area contributed by atoms with E-state index in [4.69, 9.17) is 31.9 Å². The SMILES string of the molecule is CC(C)c1c(CC(N)C(=O)O)cc(Cl)c2c1OCO2. The molecule has 1 aliphatic heterocycles. The number of ether oxygens (including phenoxy) is 2. The smallest absolute Gasteiger partial charge is 0.320 e. The highest BCUT2D eigenvalue weighted by Gasteiger charge is 2.27. The van der Waals surface area contributed by atoms with E-state index < -0.39 is 12.0 Å². The van der Waals surface area contributed by atoms with Gasteiger partial charge in [-0.2, -0.15) is 0 Å². The molecule has 1 aromatic carbocycles. The Morgan fingerprint density at radius 1 is 1.47 bits per heavy atom. The number of hydrogen-bond acceptors (Lipinski definition) is 4. The normalized spacial score (nSPS) is 14.8. The fraction of sp³-hybridized carbons (Fsp3) is 0.462. The van der Waals surface area contributed by atoms with Gasteiger partial charge in [-0.1, -0.05) is 25.4 Å². The predicted molar refractivity (Wildman–Crippen MR) is 71.0 cm³/mol. The number of rotatable bonds is 4. The van der Waals surface area contributed by atoms with Crippen molar-refractivity contribution in [2.24, 2.45) is 5.73 Å². The lowest BCUT2D eigenvalue weighted by Crippen LogP contribution is -2.32. The summed E-state index contributed by atoms with van der Waals surface area (Å²) in [5.74, 6) is 0.250. The number of benzene rings is 1. The van der Waals surface area contributed by atoms with E-state index in [1.807, 2.05) is 13.8 Å². The molecule has 104 valence electrons. The molecule has 19 heavy (non-hydrogen) atoms. The van der Waals surface area contributed by atoms with Crippen LogP contribution in [0, 0.1) is 0 Å². The van der Waals surface area contributed by atoms with Crippen molar-refractivity contribution in [2.45, 2.75) is 32.2 Å². The summed E-state index contributed by atoms with van der Waals surface area (Å²) in [7, 11) is 0. The second kappa shape index (κ2) is 5.27. The van der Waals surface area contributed by atoms with Crippen LogP contribution in [-0.4, -0.2) is 23.9 Å². The van der Waals surface area contributed by atoms with E-state index in [2.05, 4.69) is 0 Å². The van der Waals surface area contributed by atoms with E-state index in [0.29, 0.717) is 16.5 Å². The summed E-state index contributed by atoms with van der Waals surface area (Å²) in [4.78, 5) is 10.9. The monoisotopic (exact) mass is 285 g/mol. The maximum Gasteiger partial charge on any atom is 0.320 e. The lowest BCUT2D eigenvalue weighted by Gasteiger charge is -2.17. The molecular weight excluding hydrogens is 270 g/mol. The number of nitrogens with two attached hydrogens (primary N) is 1. The second-order valence-electron chi connectivity index (χ2n) is 4.80. The minimum absolute atomic E-state index is 0.128. The minimum Gasteiger partial charge on any atom is -0.480 e. The fourth-order valence-electron chi connectivity index (χ4n) is 2.22. The van der Waals surface area contributed by atoms with E-state index >= 15 is 0 Å². The third-order valence-electron chi connectivity index (χ3n) is 3.06. The first-order chi connectivity index (χ1) is 8.91. The Hall–Kier alpha value is -1.46. The highest BCUT2D eigenvalue weighted by molar-refractivity contribution is 6.32. The van der Waals surface area contributed by atoms with Gasteiger partial charge in [0.25, 0.3) is 0 Å². The molecule has 1 aromatic rings. The summed E-state index contributed by atoms with van der Waals surface area (Å²) in [5.41, 5.74) is 7.30. The molecule has 2 rings (SSSR count). The Labute approximate surface area is 116 Å². The van der Waals surface area contributed by atoms with E-state index in [9.17, 15) is 4.79 Å². The average molecular weight is 286 g/mol. The van der Waals surface area contributed by atoms with Crippen LogP contribution in [0.15, 0.2) is 6.07 Å². The van der Waals surface area contributed by atoms with Crippen LogP contribution in [0.3, 0.4) is 0 Å². The fourth-order valence-corrected chi connectivity index (χ4v) is 2.50. The molecule has 6 heteroatoms. The molecule has 5 nitrogen and oxygen atoms in total. The van der Waals surface area contributed by atoms with Gasteiger partial charge in [0, 0.05) is 5.56 Å². The summed E-state index contributed by atoms with van der Waals surface area (Å²) in [6.45, 7) is 4.13. The van der Waals surface area contributed by atoms with Gasteiger partial charge in [-0.05, 0) is 24.0 Å². The highest BCUT2D eigenvalue weighted by Crippen LogP contribution is 2.46. The summed E-state index contributed by atoms with van der Waals surface area (Å²) in [5, 5.41) is 9.34. The number of carboxylic acid groups (broad SMARTS) is 1. The van der Waals surface area contributed by atoms with Crippen molar-refractivity contribution in [2.75, 3.05) is 6.79 Å². The van der Waals surface area contributed by atoms with Crippen molar-refractivity contribution < 1.29 is 19.4 Å².